The SMILES string of the molecule is N#Cc1ccc(C(=O)N2CCc3ncc(CN4CCCC4)n3CC2)cc1. The quantitative estimate of drug-likeness (QED) is 0.851. The van der Waals surface area contributed by atoms with Crippen LogP contribution in [0.25, 0.3) is 0 Å². The molecule has 1 saturated heterocycles. The maximum Gasteiger partial charge on any atom is 0.253 e. The second-order valence-corrected chi connectivity index (χ2v) is 7.03. The lowest BCUT2D eigenvalue weighted by atomic mass is 10.1. The maximum absolute atomic E-state index is 12.8. The lowest BCUT2D eigenvalue weighted by Crippen LogP contribution is -2.33. The van der Waals surface area contributed by atoms with Crippen molar-refractivity contribution in [3.63, 3.8) is 0 Å². The van der Waals surface area contributed by atoms with Crippen molar-refractivity contribution in [3.05, 3.63) is 53.1 Å². The second kappa shape index (κ2) is 7.30. The van der Waals surface area contributed by atoms with Gasteiger partial charge in [0, 0.05) is 44.4 Å². The minimum Gasteiger partial charge on any atom is -0.336 e. The van der Waals surface area contributed by atoms with E-state index in [-0.39, 0.29) is 5.91 Å². The van der Waals surface area contributed by atoms with E-state index in [0.29, 0.717) is 24.2 Å². The van der Waals surface area contributed by atoms with E-state index < -0.39 is 0 Å². The summed E-state index contributed by atoms with van der Waals surface area (Å²) in [4.78, 5) is 21.8. The topological polar surface area (TPSA) is 65.2 Å². The average molecular weight is 349 g/mol. The smallest absolute Gasteiger partial charge is 0.253 e. The van der Waals surface area contributed by atoms with Gasteiger partial charge in [0.15, 0.2) is 0 Å². The van der Waals surface area contributed by atoms with E-state index in [2.05, 4.69) is 20.5 Å². The fraction of sp³-hybridized carbons (Fsp3) is 0.450. The predicted molar refractivity (Wildman–Crippen MR) is 97.5 cm³/mol. The first kappa shape index (κ1) is 16.8. The number of rotatable bonds is 3. The van der Waals surface area contributed by atoms with Crippen LogP contribution in [0, 0.1) is 11.3 Å². The van der Waals surface area contributed by atoms with Crippen LogP contribution in [0.15, 0.2) is 30.5 Å². The summed E-state index contributed by atoms with van der Waals surface area (Å²) >= 11 is 0. The molecule has 1 amide bonds. The number of nitriles is 1. The standard InChI is InChI=1S/C20H23N5O/c21-13-16-3-5-17(6-4-16)20(26)24-10-7-19-22-14-18(25(19)12-11-24)15-23-8-1-2-9-23/h3-6,14H,1-2,7-12,15H2. The molecule has 2 aliphatic heterocycles. The van der Waals surface area contributed by atoms with E-state index in [9.17, 15) is 4.79 Å². The number of nitrogens with zero attached hydrogens (tertiary/aromatic N) is 5. The summed E-state index contributed by atoms with van der Waals surface area (Å²) in [6.07, 6.45) is 5.36. The van der Waals surface area contributed by atoms with Gasteiger partial charge in [0.2, 0.25) is 0 Å². The van der Waals surface area contributed by atoms with E-state index in [1.165, 1.54) is 31.6 Å². The van der Waals surface area contributed by atoms with Crippen LogP contribution in [0.2, 0.25) is 0 Å². The van der Waals surface area contributed by atoms with Crippen LogP contribution < -0.4 is 0 Å². The zero-order valence-corrected chi connectivity index (χ0v) is 14.9. The average Bonchev–Trinajstić information content (AvgIpc) is 3.27. The number of aromatic nitrogens is 2. The molecule has 2 aromatic rings. The number of carbonyl (C=O) groups is 1. The number of amides is 1. The van der Waals surface area contributed by atoms with Gasteiger partial charge in [-0.2, -0.15) is 5.26 Å². The Labute approximate surface area is 153 Å². The fourth-order valence-electron chi connectivity index (χ4n) is 3.86. The molecule has 1 fully saturated rings. The van der Waals surface area contributed by atoms with Crippen molar-refractivity contribution in [1.82, 2.24) is 19.4 Å². The number of imidazole rings is 1. The third-order valence-electron chi connectivity index (χ3n) is 5.35. The normalized spacial score (nSPS) is 17.6. The zero-order valence-electron chi connectivity index (χ0n) is 14.9. The van der Waals surface area contributed by atoms with Crippen molar-refractivity contribution in [2.75, 3.05) is 26.2 Å². The number of likely N-dealkylation sites (tertiary alicyclic amines) is 1. The van der Waals surface area contributed by atoms with Crippen LogP contribution in [0.3, 0.4) is 0 Å². The summed E-state index contributed by atoms with van der Waals surface area (Å²) in [6, 6.07) is 8.96. The van der Waals surface area contributed by atoms with Crippen LogP contribution in [0.5, 0.6) is 0 Å². The van der Waals surface area contributed by atoms with Gasteiger partial charge in [-0.25, -0.2) is 4.98 Å². The number of hydrogen-bond acceptors (Lipinski definition) is 4. The van der Waals surface area contributed by atoms with Crippen LogP contribution in [0.4, 0.5) is 0 Å². The van der Waals surface area contributed by atoms with Gasteiger partial charge in [-0.05, 0) is 50.2 Å². The first-order valence-electron chi connectivity index (χ1n) is 9.29. The third-order valence-corrected chi connectivity index (χ3v) is 5.35. The Morgan fingerprint density at radius 1 is 1.08 bits per heavy atom. The molecule has 1 aromatic carbocycles. The van der Waals surface area contributed by atoms with Crippen LogP contribution in [0.1, 0.15) is 40.3 Å². The molecule has 0 N–H and O–H groups in total. The first-order chi connectivity index (χ1) is 12.7. The highest BCUT2D eigenvalue weighted by molar-refractivity contribution is 5.94. The number of fused-ring (bicyclic) bond motifs is 1. The summed E-state index contributed by atoms with van der Waals surface area (Å²) in [5.41, 5.74) is 2.47. The lowest BCUT2D eigenvalue weighted by molar-refractivity contribution is 0.0758. The summed E-state index contributed by atoms with van der Waals surface area (Å²) < 4.78 is 2.30. The monoisotopic (exact) mass is 349 g/mol. The molecule has 6 nitrogen and oxygen atoms in total. The van der Waals surface area contributed by atoms with Gasteiger partial charge in [-0.15, -0.1) is 0 Å². The second-order valence-electron chi connectivity index (χ2n) is 7.03. The van der Waals surface area contributed by atoms with Gasteiger partial charge < -0.3 is 9.47 Å². The number of carbonyl (C=O) groups excluding carboxylic acids is 1. The van der Waals surface area contributed by atoms with E-state index >= 15 is 0 Å². The van der Waals surface area contributed by atoms with Crippen molar-refractivity contribution >= 4 is 5.91 Å². The number of benzene rings is 1. The number of hydrogen-bond donors (Lipinski definition) is 0. The van der Waals surface area contributed by atoms with Gasteiger partial charge in [-0.1, -0.05) is 0 Å². The van der Waals surface area contributed by atoms with E-state index in [4.69, 9.17) is 5.26 Å². The Morgan fingerprint density at radius 2 is 1.85 bits per heavy atom. The minimum atomic E-state index is 0.0290. The molecule has 6 heteroatoms. The van der Waals surface area contributed by atoms with Crippen molar-refractivity contribution in [3.8, 4) is 6.07 Å². The Hall–Kier alpha value is -2.65. The summed E-state index contributed by atoms with van der Waals surface area (Å²) in [5.74, 6) is 1.11. The Morgan fingerprint density at radius 3 is 2.58 bits per heavy atom. The summed E-state index contributed by atoms with van der Waals surface area (Å²) in [5, 5.41) is 8.90. The molecular weight excluding hydrogens is 326 g/mol. The molecular formula is C20H23N5O. The van der Waals surface area contributed by atoms with Crippen molar-refractivity contribution < 1.29 is 4.79 Å². The van der Waals surface area contributed by atoms with Gasteiger partial charge in [0.05, 0.1) is 17.3 Å². The Kier molecular flexibility index (Phi) is 4.72. The molecule has 0 unspecified atom stereocenters. The van der Waals surface area contributed by atoms with E-state index in [0.717, 1.165) is 25.3 Å². The largest absolute Gasteiger partial charge is 0.336 e. The highest BCUT2D eigenvalue weighted by Crippen LogP contribution is 2.18. The first-order valence-corrected chi connectivity index (χ1v) is 9.29. The molecule has 0 atom stereocenters. The minimum absolute atomic E-state index is 0.0290. The van der Waals surface area contributed by atoms with Crippen molar-refractivity contribution in [2.24, 2.45) is 0 Å². The van der Waals surface area contributed by atoms with Crippen LogP contribution >= 0.6 is 0 Å². The summed E-state index contributed by atoms with van der Waals surface area (Å²) in [6.45, 7) is 5.46. The molecule has 0 aliphatic carbocycles. The van der Waals surface area contributed by atoms with E-state index in [1.54, 1.807) is 24.3 Å². The molecule has 0 saturated carbocycles. The van der Waals surface area contributed by atoms with Crippen LogP contribution in [-0.2, 0) is 19.5 Å². The molecule has 2 aliphatic rings. The maximum atomic E-state index is 12.8. The zero-order chi connectivity index (χ0) is 17.9. The molecule has 4 rings (SSSR count). The van der Waals surface area contributed by atoms with Gasteiger partial charge in [0.1, 0.15) is 5.82 Å². The molecule has 1 aromatic heterocycles. The molecule has 3 heterocycles. The predicted octanol–water partition coefficient (Wildman–Crippen LogP) is 2.05. The van der Waals surface area contributed by atoms with Crippen LogP contribution in [-0.4, -0.2) is 51.4 Å². The fourth-order valence-corrected chi connectivity index (χ4v) is 3.86. The Bertz CT molecular complexity index is 827. The third kappa shape index (κ3) is 3.35. The van der Waals surface area contributed by atoms with E-state index in [1.807, 2.05) is 11.1 Å². The lowest BCUT2D eigenvalue weighted by Gasteiger charge is -2.21. The molecule has 0 radical (unpaired) electrons. The van der Waals surface area contributed by atoms with Crippen molar-refractivity contribution in [2.45, 2.75) is 32.4 Å². The van der Waals surface area contributed by atoms with Crippen molar-refractivity contribution in [1.29, 1.82) is 5.26 Å². The molecule has 134 valence electrons. The highest BCUT2D eigenvalue weighted by Gasteiger charge is 2.23. The highest BCUT2D eigenvalue weighted by atomic mass is 16.2. The molecule has 0 spiro atoms. The molecule has 26 heavy (non-hydrogen) atoms. The molecule has 0 bridgehead atoms. The van der Waals surface area contributed by atoms with Gasteiger partial charge >= 0.3 is 0 Å². The summed E-state index contributed by atoms with van der Waals surface area (Å²) in [7, 11) is 0. The van der Waals surface area contributed by atoms with Gasteiger partial charge in [0.25, 0.3) is 5.91 Å². The van der Waals surface area contributed by atoms with Gasteiger partial charge in [-0.3, -0.25) is 9.69 Å². The Balaban J connectivity index is 1.45.